The van der Waals surface area contributed by atoms with Crippen molar-refractivity contribution < 1.29 is 22.4 Å². The Kier molecular flexibility index (Phi) is 7.37. The SMILES string of the molecule is C=C/C(=C\C)c1c(F)cc(N2CCN[C@@H](C)C2)c(NC(=O)c2c[nH]c(=O)cc2C(F)F)c1F. The molecule has 1 aliphatic heterocycles. The normalized spacial score (nSPS) is 16.8. The van der Waals surface area contributed by atoms with E-state index in [2.05, 4.69) is 22.2 Å². The highest BCUT2D eigenvalue weighted by molar-refractivity contribution is 6.07. The first-order valence-electron chi connectivity index (χ1n) is 10.3. The zero-order valence-electron chi connectivity index (χ0n) is 18.1. The van der Waals surface area contributed by atoms with Gasteiger partial charge in [-0.25, -0.2) is 17.6 Å². The molecule has 1 aliphatic rings. The Bertz CT molecular complexity index is 1160. The zero-order chi connectivity index (χ0) is 24.3. The van der Waals surface area contributed by atoms with Crippen molar-refractivity contribution in [2.45, 2.75) is 26.3 Å². The molecule has 0 bridgehead atoms. The van der Waals surface area contributed by atoms with Gasteiger partial charge in [0.15, 0.2) is 5.82 Å². The molecule has 1 aromatic carbocycles. The molecule has 0 unspecified atom stereocenters. The summed E-state index contributed by atoms with van der Waals surface area (Å²) in [6, 6.07) is 1.73. The molecule has 3 rings (SSSR count). The first kappa shape index (κ1) is 24.2. The summed E-state index contributed by atoms with van der Waals surface area (Å²) < 4.78 is 57.5. The molecule has 176 valence electrons. The van der Waals surface area contributed by atoms with Crippen molar-refractivity contribution >= 4 is 22.9 Å². The number of aromatic nitrogens is 1. The van der Waals surface area contributed by atoms with Crippen LogP contribution in [-0.2, 0) is 0 Å². The van der Waals surface area contributed by atoms with Crippen LogP contribution in [0, 0.1) is 11.6 Å². The summed E-state index contributed by atoms with van der Waals surface area (Å²) in [5, 5.41) is 5.55. The van der Waals surface area contributed by atoms with E-state index < -0.39 is 46.2 Å². The molecular formula is C23H24F4N4O2. The van der Waals surface area contributed by atoms with Crippen molar-refractivity contribution in [1.29, 1.82) is 0 Å². The molecular weight excluding hydrogens is 440 g/mol. The van der Waals surface area contributed by atoms with Gasteiger partial charge in [-0.2, -0.15) is 0 Å². The number of carbonyl (C=O) groups is 1. The fourth-order valence-electron chi connectivity index (χ4n) is 3.80. The summed E-state index contributed by atoms with van der Waals surface area (Å²) in [6.07, 6.45) is 0.473. The molecule has 1 atom stereocenters. The topological polar surface area (TPSA) is 77.2 Å². The smallest absolute Gasteiger partial charge is 0.264 e. The Morgan fingerprint density at radius 2 is 2.06 bits per heavy atom. The second-order valence-electron chi connectivity index (χ2n) is 7.61. The first-order valence-corrected chi connectivity index (χ1v) is 10.3. The molecule has 10 heteroatoms. The van der Waals surface area contributed by atoms with Crippen LogP contribution in [0.4, 0.5) is 28.9 Å². The van der Waals surface area contributed by atoms with Gasteiger partial charge < -0.3 is 20.5 Å². The minimum Gasteiger partial charge on any atom is -0.367 e. The van der Waals surface area contributed by atoms with Crippen molar-refractivity contribution in [2.75, 3.05) is 29.9 Å². The molecule has 2 aromatic rings. The van der Waals surface area contributed by atoms with Gasteiger partial charge in [0, 0.05) is 49.6 Å². The van der Waals surface area contributed by atoms with Gasteiger partial charge >= 0.3 is 0 Å². The number of aromatic amines is 1. The van der Waals surface area contributed by atoms with Crippen LogP contribution in [0.25, 0.3) is 5.57 Å². The third-order valence-electron chi connectivity index (χ3n) is 5.40. The average Bonchev–Trinajstić information content (AvgIpc) is 2.78. The Morgan fingerprint density at radius 3 is 2.67 bits per heavy atom. The van der Waals surface area contributed by atoms with Crippen molar-refractivity contribution in [2.24, 2.45) is 0 Å². The van der Waals surface area contributed by atoms with Crippen LogP contribution >= 0.6 is 0 Å². The standard InChI is InChI=1S/C23H24F4N4O2/c1-4-13(5-2)19-16(24)9-17(31-7-6-28-12(3)11-31)21(20(19)25)30-23(33)15-10-29-18(32)8-14(15)22(26)27/h4-5,8-10,12,22,28H,1,6-7,11H2,2-3H3,(H,29,32)(H,30,33)/b13-5+/t12-/m0/s1. The molecule has 0 radical (unpaired) electrons. The number of carbonyl (C=O) groups excluding carboxylic acids is 1. The second-order valence-corrected chi connectivity index (χ2v) is 7.61. The molecule has 0 spiro atoms. The van der Waals surface area contributed by atoms with Crippen LogP contribution in [0.3, 0.4) is 0 Å². The summed E-state index contributed by atoms with van der Waals surface area (Å²) >= 11 is 0. The van der Waals surface area contributed by atoms with Gasteiger partial charge in [0.1, 0.15) is 11.5 Å². The number of piperazine rings is 1. The Morgan fingerprint density at radius 1 is 1.33 bits per heavy atom. The van der Waals surface area contributed by atoms with E-state index in [1.807, 2.05) is 6.92 Å². The highest BCUT2D eigenvalue weighted by atomic mass is 19.3. The predicted octanol–water partition coefficient (Wildman–Crippen LogP) is 4.23. The number of anilines is 2. The van der Waals surface area contributed by atoms with Gasteiger partial charge in [-0.3, -0.25) is 9.59 Å². The maximum Gasteiger partial charge on any atom is 0.264 e. The third-order valence-corrected chi connectivity index (χ3v) is 5.40. The molecule has 0 aliphatic carbocycles. The van der Waals surface area contributed by atoms with Crippen LogP contribution in [-0.4, -0.2) is 36.6 Å². The number of hydrogen-bond donors (Lipinski definition) is 3. The molecule has 0 saturated carbocycles. The molecule has 1 saturated heterocycles. The Labute approximate surface area is 188 Å². The molecule has 1 amide bonds. The van der Waals surface area contributed by atoms with E-state index in [1.54, 1.807) is 11.8 Å². The summed E-state index contributed by atoms with van der Waals surface area (Å²) in [5.41, 5.74) is -2.63. The molecule has 1 fully saturated rings. The maximum absolute atomic E-state index is 15.7. The lowest BCUT2D eigenvalue weighted by Crippen LogP contribution is -2.49. The van der Waals surface area contributed by atoms with Gasteiger partial charge in [-0.15, -0.1) is 0 Å². The molecule has 6 nitrogen and oxygen atoms in total. The number of halogens is 4. The van der Waals surface area contributed by atoms with E-state index in [9.17, 15) is 18.4 Å². The quantitative estimate of drug-likeness (QED) is 0.442. The van der Waals surface area contributed by atoms with Gasteiger partial charge in [-0.1, -0.05) is 18.7 Å². The third kappa shape index (κ3) is 5.00. The van der Waals surface area contributed by atoms with E-state index in [-0.39, 0.29) is 23.0 Å². The van der Waals surface area contributed by atoms with E-state index in [1.165, 1.54) is 12.2 Å². The van der Waals surface area contributed by atoms with E-state index >= 15 is 8.78 Å². The predicted molar refractivity (Wildman–Crippen MR) is 120 cm³/mol. The first-order chi connectivity index (χ1) is 15.7. The van der Waals surface area contributed by atoms with Gasteiger partial charge in [0.05, 0.1) is 16.8 Å². The van der Waals surface area contributed by atoms with Gasteiger partial charge in [0.25, 0.3) is 12.3 Å². The molecule has 1 aromatic heterocycles. The highest BCUT2D eigenvalue weighted by Crippen LogP contribution is 2.37. The van der Waals surface area contributed by atoms with Crippen molar-refractivity contribution in [3.8, 4) is 0 Å². The summed E-state index contributed by atoms with van der Waals surface area (Å²) in [5.74, 6) is -2.97. The monoisotopic (exact) mass is 464 g/mol. The second kappa shape index (κ2) is 10.0. The lowest BCUT2D eigenvalue weighted by molar-refractivity contribution is 0.101. The summed E-state index contributed by atoms with van der Waals surface area (Å²) in [4.78, 5) is 28.2. The minimum absolute atomic E-state index is 0.0111. The number of benzene rings is 1. The molecule has 33 heavy (non-hydrogen) atoms. The Hall–Kier alpha value is -3.40. The van der Waals surface area contributed by atoms with Crippen LogP contribution in [0.2, 0.25) is 0 Å². The number of rotatable bonds is 6. The average molecular weight is 464 g/mol. The van der Waals surface area contributed by atoms with E-state index in [0.29, 0.717) is 25.7 Å². The number of allylic oxidation sites excluding steroid dienone is 3. The number of nitrogens with zero attached hydrogens (tertiary/aromatic N) is 1. The maximum atomic E-state index is 15.7. The minimum atomic E-state index is -3.11. The van der Waals surface area contributed by atoms with Crippen molar-refractivity contribution in [1.82, 2.24) is 10.3 Å². The van der Waals surface area contributed by atoms with E-state index in [4.69, 9.17) is 0 Å². The Balaban J connectivity index is 2.16. The molecule has 3 N–H and O–H groups in total. The highest BCUT2D eigenvalue weighted by Gasteiger charge is 2.28. The van der Waals surface area contributed by atoms with E-state index in [0.717, 1.165) is 12.3 Å². The number of pyridine rings is 1. The number of hydrogen-bond acceptors (Lipinski definition) is 4. The van der Waals surface area contributed by atoms with Gasteiger partial charge in [0.2, 0.25) is 5.56 Å². The van der Waals surface area contributed by atoms with Crippen LogP contribution < -0.4 is 21.1 Å². The number of H-pyrrole nitrogens is 1. The van der Waals surface area contributed by atoms with Crippen molar-refractivity contribution in [3.05, 3.63) is 75.7 Å². The summed E-state index contributed by atoms with van der Waals surface area (Å²) in [7, 11) is 0. The number of amides is 1. The lowest BCUT2D eigenvalue weighted by Gasteiger charge is -2.35. The van der Waals surface area contributed by atoms with Crippen LogP contribution in [0.1, 0.15) is 41.8 Å². The largest absolute Gasteiger partial charge is 0.367 e. The van der Waals surface area contributed by atoms with Crippen LogP contribution in [0.15, 0.2) is 41.9 Å². The lowest BCUT2D eigenvalue weighted by atomic mass is 10.0. The van der Waals surface area contributed by atoms with Crippen molar-refractivity contribution in [3.63, 3.8) is 0 Å². The number of alkyl halides is 2. The fraction of sp³-hybridized carbons (Fsp3) is 0.304. The summed E-state index contributed by atoms with van der Waals surface area (Å²) in [6.45, 7) is 8.40. The fourth-order valence-corrected chi connectivity index (χ4v) is 3.80. The van der Waals surface area contributed by atoms with Gasteiger partial charge in [-0.05, 0) is 19.4 Å². The zero-order valence-corrected chi connectivity index (χ0v) is 18.1. The van der Waals surface area contributed by atoms with Crippen LogP contribution in [0.5, 0.6) is 0 Å². The number of nitrogens with one attached hydrogen (secondary N) is 3. The molecule has 2 heterocycles.